The van der Waals surface area contributed by atoms with Crippen molar-refractivity contribution in [1.82, 2.24) is 0 Å². The molecule has 84 valence electrons. The van der Waals surface area contributed by atoms with Crippen LogP contribution in [0.1, 0.15) is 11.1 Å². The Morgan fingerprint density at radius 3 is 1.44 bits per heavy atom. The van der Waals surface area contributed by atoms with E-state index in [9.17, 15) is 9.59 Å². The molecule has 6 nitrogen and oxygen atoms in total. The zero-order chi connectivity index (χ0) is 12.0. The van der Waals surface area contributed by atoms with E-state index in [-0.39, 0.29) is 22.5 Å². The second kappa shape index (κ2) is 3.13. The Morgan fingerprint density at radius 2 is 1.12 bits per heavy atom. The molecule has 16 heavy (non-hydrogen) atoms. The van der Waals surface area contributed by atoms with Crippen molar-refractivity contribution in [3.8, 4) is 0 Å². The van der Waals surface area contributed by atoms with E-state index in [1.54, 1.807) is 13.8 Å². The molecule has 1 heterocycles. The van der Waals surface area contributed by atoms with E-state index in [1.165, 1.54) is 0 Å². The maximum absolute atomic E-state index is 11.0. The summed E-state index contributed by atoms with van der Waals surface area (Å²) in [5.41, 5.74) is 11.3. The number of nitrogen functional groups attached to an aromatic ring is 2. The van der Waals surface area contributed by atoms with E-state index in [1.807, 2.05) is 0 Å². The van der Waals surface area contributed by atoms with Gasteiger partial charge >= 0.3 is 11.3 Å². The summed E-state index contributed by atoms with van der Waals surface area (Å²) in [5, 5.41) is 0. The molecule has 0 fully saturated rings. The molecule has 1 aromatic carbocycles. The largest absolute Gasteiger partial charge is 0.423 e. The van der Waals surface area contributed by atoms with E-state index in [0.717, 1.165) is 0 Å². The molecule has 0 aliphatic carbocycles. The van der Waals surface area contributed by atoms with E-state index >= 15 is 0 Å². The standard InChI is InChI=1S/C10H10N2O4/c1-3-4(2)6(12)8-7(5(3)11)15-9(13)10(14)16-8/h11-12H2,1-2H3. The summed E-state index contributed by atoms with van der Waals surface area (Å²) in [6, 6.07) is 0. The van der Waals surface area contributed by atoms with Crippen LogP contribution < -0.4 is 22.7 Å². The van der Waals surface area contributed by atoms with Gasteiger partial charge in [0.25, 0.3) is 0 Å². The van der Waals surface area contributed by atoms with Crippen LogP contribution in [0.2, 0.25) is 0 Å². The Bertz CT molecular complexity index is 636. The Morgan fingerprint density at radius 1 is 0.812 bits per heavy atom. The van der Waals surface area contributed by atoms with Gasteiger partial charge in [-0.05, 0) is 25.0 Å². The maximum Gasteiger partial charge on any atom is 0.423 e. The first kappa shape index (κ1) is 10.3. The number of anilines is 2. The molecule has 0 atom stereocenters. The Hall–Kier alpha value is -2.24. The molecule has 0 amide bonds. The SMILES string of the molecule is Cc1c(C)c(N)c2oc(=O)c(=O)oc2c1N. The molecule has 0 aliphatic heterocycles. The molecular formula is C10H10N2O4. The Balaban J connectivity index is 3.15. The summed E-state index contributed by atoms with van der Waals surface area (Å²) < 4.78 is 9.55. The molecule has 0 spiro atoms. The smallest absolute Gasteiger partial charge is 0.412 e. The van der Waals surface area contributed by atoms with Gasteiger partial charge in [-0.3, -0.25) is 0 Å². The van der Waals surface area contributed by atoms with Crippen LogP contribution in [0.15, 0.2) is 18.4 Å². The highest BCUT2D eigenvalue weighted by Gasteiger charge is 2.16. The second-order valence-electron chi connectivity index (χ2n) is 3.51. The minimum Gasteiger partial charge on any atom is -0.412 e. The first-order valence-corrected chi connectivity index (χ1v) is 4.55. The van der Waals surface area contributed by atoms with Crippen LogP contribution in [0.4, 0.5) is 11.4 Å². The van der Waals surface area contributed by atoms with Gasteiger partial charge in [-0.25, -0.2) is 9.59 Å². The van der Waals surface area contributed by atoms with E-state index in [0.29, 0.717) is 11.1 Å². The van der Waals surface area contributed by atoms with Crippen molar-refractivity contribution in [2.24, 2.45) is 0 Å². The summed E-state index contributed by atoms with van der Waals surface area (Å²) in [5.74, 6) is 0. The predicted molar refractivity (Wildman–Crippen MR) is 59.3 cm³/mol. The number of hydrogen-bond donors (Lipinski definition) is 2. The van der Waals surface area contributed by atoms with Crippen molar-refractivity contribution in [3.63, 3.8) is 0 Å². The molecule has 0 saturated heterocycles. The maximum atomic E-state index is 11.0. The van der Waals surface area contributed by atoms with Gasteiger partial charge < -0.3 is 20.3 Å². The van der Waals surface area contributed by atoms with Crippen LogP contribution in [0.25, 0.3) is 11.2 Å². The monoisotopic (exact) mass is 222 g/mol. The Kier molecular flexibility index (Phi) is 2.01. The molecule has 4 N–H and O–H groups in total. The molecule has 0 unspecified atom stereocenters. The molecule has 0 radical (unpaired) electrons. The molecule has 0 bridgehead atoms. The van der Waals surface area contributed by atoms with Gasteiger partial charge in [-0.15, -0.1) is 0 Å². The fourth-order valence-corrected chi connectivity index (χ4v) is 1.46. The number of benzene rings is 1. The number of fused-ring (bicyclic) bond motifs is 1. The average Bonchev–Trinajstić information content (AvgIpc) is 2.26. The lowest BCUT2D eigenvalue weighted by Gasteiger charge is -2.09. The second-order valence-corrected chi connectivity index (χ2v) is 3.51. The molecule has 2 aromatic rings. The molecule has 0 aliphatic rings. The first-order chi connectivity index (χ1) is 7.43. The lowest BCUT2D eigenvalue weighted by molar-refractivity contribution is 0.450. The van der Waals surface area contributed by atoms with E-state index < -0.39 is 11.3 Å². The number of nitrogens with two attached hydrogens (primary N) is 2. The molecule has 6 heteroatoms. The third kappa shape index (κ3) is 1.19. The summed E-state index contributed by atoms with van der Waals surface area (Å²) >= 11 is 0. The van der Waals surface area contributed by atoms with Gasteiger partial charge in [0, 0.05) is 0 Å². The van der Waals surface area contributed by atoms with Crippen LogP contribution in [0, 0.1) is 13.8 Å². The zero-order valence-electron chi connectivity index (χ0n) is 8.79. The predicted octanol–water partition coefficient (Wildman–Crippen LogP) is 0.527. The van der Waals surface area contributed by atoms with Crippen LogP contribution >= 0.6 is 0 Å². The van der Waals surface area contributed by atoms with E-state index in [4.69, 9.17) is 20.3 Å². The lowest BCUT2D eigenvalue weighted by Crippen LogP contribution is -2.21. The quantitative estimate of drug-likeness (QED) is 0.496. The first-order valence-electron chi connectivity index (χ1n) is 4.55. The van der Waals surface area contributed by atoms with Crippen molar-refractivity contribution in [3.05, 3.63) is 32.0 Å². The van der Waals surface area contributed by atoms with Crippen molar-refractivity contribution in [1.29, 1.82) is 0 Å². The topological polar surface area (TPSA) is 112 Å². The van der Waals surface area contributed by atoms with E-state index in [2.05, 4.69) is 0 Å². The summed E-state index contributed by atoms with van der Waals surface area (Å²) in [6.45, 7) is 3.48. The minimum atomic E-state index is -1.10. The molecule has 0 saturated carbocycles. The third-order valence-corrected chi connectivity index (χ3v) is 2.62. The zero-order valence-corrected chi connectivity index (χ0v) is 8.79. The number of hydrogen-bond acceptors (Lipinski definition) is 6. The highest BCUT2D eigenvalue weighted by molar-refractivity contribution is 5.95. The van der Waals surface area contributed by atoms with Gasteiger partial charge in [0.05, 0.1) is 11.4 Å². The summed E-state index contributed by atoms with van der Waals surface area (Å²) in [6.07, 6.45) is 0. The van der Waals surface area contributed by atoms with Gasteiger partial charge in [0.1, 0.15) is 0 Å². The lowest BCUT2D eigenvalue weighted by atomic mass is 10.1. The van der Waals surface area contributed by atoms with Crippen molar-refractivity contribution in [2.75, 3.05) is 11.5 Å². The van der Waals surface area contributed by atoms with Crippen LogP contribution in [-0.2, 0) is 0 Å². The molecular weight excluding hydrogens is 212 g/mol. The minimum absolute atomic E-state index is 0.0187. The van der Waals surface area contributed by atoms with Gasteiger partial charge in [0.15, 0.2) is 11.2 Å². The van der Waals surface area contributed by atoms with Crippen molar-refractivity contribution in [2.45, 2.75) is 13.8 Å². The highest BCUT2D eigenvalue weighted by Crippen LogP contribution is 2.31. The number of rotatable bonds is 0. The van der Waals surface area contributed by atoms with Gasteiger partial charge in [-0.2, -0.15) is 0 Å². The fraction of sp³-hybridized carbons (Fsp3) is 0.200. The van der Waals surface area contributed by atoms with Gasteiger partial charge in [0.2, 0.25) is 0 Å². The van der Waals surface area contributed by atoms with Crippen LogP contribution in [-0.4, -0.2) is 0 Å². The highest BCUT2D eigenvalue weighted by atomic mass is 16.5. The Labute approximate surface area is 89.5 Å². The summed E-state index contributed by atoms with van der Waals surface area (Å²) in [7, 11) is 0. The molecule has 2 rings (SSSR count). The van der Waals surface area contributed by atoms with Crippen molar-refractivity contribution < 1.29 is 8.83 Å². The van der Waals surface area contributed by atoms with Crippen LogP contribution in [0.5, 0.6) is 0 Å². The third-order valence-electron chi connectivity index (χ3n) is 2.62. The summed E-state index contributed by atoms with van der Waals surface area (Å²) in [4.78, 5) is 22.0. The fourth-order valence-electron chi connectivity index (χ4n) is 1.46. The molecule has 1 aromatic heterocycles. The van der Waals surface area contributed by atoms with Crippen molar-refractivity contribution >= 4 is 22.5 Å². The normalized spacial score (nSPS) is 10.9. The van der Waals surface area contributed by atoms with Gasteiger partial charge in [-0.1, -0.05) is 0 Å². The van der Waals surface area contributed by atoms with Crippen LogP contribution in [0.3, 0.4) is 0 Å². The average molecular weight is 222 g/mol.